The van der Waals surface area contributed by atoms with E-state index in [2.05, 4.69) is 55.9 Å². The van der Waals surface area contributed by atoms with E-state index in [0.29, 0.717) is 17.4 Å². The van der Waals surface area contributed by atoms with Crippen molar-refractivity contribution in [3.63, 3.8) is 0 Å². The predicted molar refractivity (Wildman–Crippen MR) is 120 cm³/mol. The average molecular weight is 415 g/mol. The van der Waals surface area contributed by atoms with Gasteiger partial charge in [0.1, 0.15) is 5.82 Å². The number of aromatic amines is 1. The van der Waals surface area contributed by atoms with Crippen molar-refractivity contribution in [2.24, 2.45) is 0 Å². The molecule has 1 unspecified atom stereocenters. The number of nitriles is 1. The highest BCUT2D eigenvalue weighted by atomic mass is 32.1. The minimum absolute atomic E-state index is 0.325. The Morgan fingerprint density at radius 3 is 3.13 bits per heavy atom. The number of hydrogen-bond acceptors (Lipinski definition) is 6. The third-order valence-electron chi connectivity index (χ3n) is 5.60. The Morgan fingerprint density at radius 1 is 1.23 bits per heavy atom. The second-order valence-corrected chi connectivity index (χ2v) is 8.48. The van der Waals surface area contributed by atoms with E-state index in [4.69, 9.17) is 10.2 Å². The van der Waals surface area contributed by atoms with E-state index in [1.54, 1.807) is 29.7 Å². The smallest absolute Gasteiger partial charge is 0.188 e. The molecule has 0 bridgehead atoms. The van der Waals surface area contributed by atoms with Gasteiger partial charge in [-0.1, -0.05) is 12.5 Å². The van der Waals surface area contributed by atoms with Crippen LogP contribution >= 0.6 is 11.3 Å². The first-order chi connectivity index (χ1) is 14.8. The summed E-state index contributed by atoms with van der Waals surface area (Å²) in [4.78, 5) is 15.0. The number of aromatic nitrogens is 3. The van der Waals surface area contributed by atoms with E-state index in [-0.39, 0.29) is 0 Å². The molecule has 1 aliphatic rings. The lowest BCUT2D eigenvalue weighted by atomic mass is 9.99. The average Bonchev–Trinajstić information content (AvgIpc) is 3.43. The summed E-state index contributed by atoms with van der Waals surface area (Å²) in [7, 11) is 0. The summed E-state index contributed by atoms with van der Waals surface area (Å²) >= 11 is 1.59. The molecule has 4 aromatic rings. The van der Waals surface area contributed by atoms with Gasteiger partial charge in [-0.25, -0.2) is 9.97 Å². The van der Waals surface area contributed by atoms with E-state index in [9.17, 15) is 0 Å². The van der Waals surface area contributed by atoms with E-state index in [1.165, 1.54) is 29.3 Å². The van der Waals surface area contributed by atoms with Crippen LogP contribution in [0, 0.1) is 11.3 Å². The van der Waals surface area contributed by atoms with Crippen LogP contribution in [-0.2, 0) is 6.54 Å². The van der Waals surface area contributed by atoms with Crippen LogP contribution in [0.5, 0.6) is 0 Å². The van der Waals surface area contributed by atoms with Crippen LogP contribution in [0.15, 0.2) is 54.2 Å². The molecule has 0 aliphatic carbocycles. The molecule has 7 heteroatoms. The topological polar surface area (TPSA) is 80.6 Å². The van der Waals surface area contributed by atoms with Crippen molar-refractivity contribution in [2.75, 3.05) is 11.9 Å². The van der Waals surface area contributed by atoms with Gasteiger partial charge in [0.05, 0.1) is 23.4 Å². The largest absolute Gasteiger partial charge is 0.361 e. The standard InChI is InChI=1S/C23H22N6S/c24-13-16-6-8-26-22(12-16)28-23-27-20(15-30-23)21-3-1-2-10-29(21)14-17-4-5-19-18(11-17)7-9-25-19/h4-9,11-12,15,21,25H,1-3,10,14H2,(H,26,27,28). The highest BCUT2D eigenvalue weighted by Crippen LogP contribution is 2.34. The van der Waals surface area contributed by atoms with Gasteiger partial charge in [0.15, 0.2) is 5.13 Å². The number of fused-ring (bicyclic) bond motifs is 1. The predicted octanol–water partition coefficient (Wildman–Crippen LogP) is 5.36. The maximum Gasteiger partial charge on any atom is 0.188 e. The molecule has 30 heavy (non-hydrogen) atoms. The van der Waals surface area contributed by atoms with Crippen LogP contribution in [0.25, 0.3) is 10.9 Å². The number of rotatable bonds is 5. The zero-order valence-corrected chi connectivity index (χ0v) is 17.3. The van der Waals surface area contributed by atoms with Gasteiger partial charge in [-0.2, -0.15) is 5.26 Å². The van der Waals surface area contributed by atoms with Gasteiger partial charge in [-0.3, -0.25) is 4.90 Å². The minimum Gasteiger partial charge on any atom is -0.361 e. The van der Waals surface area contributed by atoms with Gasteiger partial charge in [0.25, 0.3) is 0 Å². The van der Waals surface area contributed by atoms with Crippen LogP contribution in [0.1, 0.15) is 42.1 Å². The summed E-state index contributed by atoms with van der Waals surface area (Å²) in [5, 5.41) is 16.5. The van der Waals surface area contributed by atoms with Crippen molar-refractivity contribution >= 4 is 33.2 Å². The van der Waals surface area contributed by atoms with Crippen molar-refractivity contribution in [3.05, 3.63) is 71.0 Å². The highest BCUT2D eigenvalue weighted by molar-refractivity contribution is 7.13. The molecule has 0 amide bonds. The van der Waals surface area contributed by atoms with Gasteiger partial charge < -0.3 is 10.3 Å². The number of H-pyrrole nitrogens is 1. The van der Waals surface area contributed by atoms with E-state index >= 15 is 0 Å². The quantitative estimate of drug-likeness (QED) is 0.459. The molecule has 1 aromatic carbocycles. The number of benzene rings is 1. The number of likely N-dealkylation sites (tertiary alicyclic amines) is 1. The second-order valence-electron chi connectivity index (χ2n) is 7.63. The first-order valence-corrected chi connectivity index (χ1v) is 11.0. The maximum absolute atomic E-state index is 9.07. The van der Waals surface area contributed by atoms with Crippen LogP contribution in [0.2, 0.25) is 0 Å². The van der Waals surface area contributed by atoms with Gasteiger partial charge in [-0.05, 0) is 60.7 Å². The molecule has 2 N–H and O–H groups in total. The summed E-state index contributed by atoms with van der Waals surface area (Å²) in [5.41, 5.74) is 4.21. The molecule has 6 nitrogen and oxygen atoms in total. The van der Waals surface area contributed by atoms with E-state index < -0.39 is 0 Å². The Labute approximate surface area is 179 Å². The zero-order chi connectivity index (χ0) is 20.3. The van der Waals surface area contributed by atoms with Crippen molar-refractivity contribution < 1.29 is 0 Å². The molecule has 4 heterocycles. The van der Waals surface area contributed by atoms with Crippen molar-refractivity contribution in [1.82, 2.24) is 19.9 Å². The Bertz CT molecular complexity index is 1200. The second kappa shape index (κ2) is 8.27. The van der Waals surface area contributed by atoms with Crippen molar-refractivity contribution in [1.29, 1.82) is 5.26 Å². The summed E-state index contributed by atoms with van der Waals surface area (Å²) in [6, 6.07) is 14.7. The minimum atomic E-state index is 0.325. The van der Waals surface area contributed by atoms with Crippen LogP contribution in [0.4, 0.5) is 10.9 Å². The number of nitrogens with one attached hydrogen (secondary N) is 2. The monoisotopic (exact) mass is 414 g/mol. The van der Waals surface area contributed by atoms with E-state index in [1.807, 2.05) is 6.20 Å². The fourth-order valence-electron chi connectivity index (χ4n) is 4.13. The van der Waals surface area contributed by atoms with Gasteiger partial charge in [-0.15, -0.1) is 11.3 Å². The molecule has 150 valence electrons. The first kappa shape index (κ1) is 18.8. The number of pyridine rings is 1. The van der Waals surface area contributed by atoms with Crippen molar-refractivity contribution in [2.45, 2.75) is 31.8 Å². The number of nitrogens with zero attached hydrogens (tertiary/aromatic N) is 4. The molecule has 0 spiro atoms. The molecule has 5 rings (SSSR count). The fraction of sp³-hybridized carbons (Fsp3) is 0.261. The Hall–Kier alpha value is -3.21. The van der Waals surface area contributed by atoms with Gasteiger partial charge in [0.2, 0.25) is 0 Å². The number of anilines is 2. The molecule has 1 saturated heterocycles. The Kier molecular flexibility index (Phi) is 5.18. The molecule has 3 aromatic heterocycles. The Morgan fingerprint density at radius 2 is 2.20 bits per heavy atom. The first-order valence-electron chi connectivity index (χ1n) is 10.2. The van der Waals surface area contributed by atoms with E-state index in [0.717, 1.165) is 30.3 Å². The SMILES string of the molecule is N#Cc1ccnc(Nc2nc(C3CCCCN3Cc3ccc4[nH]ccc4c3)cs2)c1. The lowest BCUT2D eigenvalue weighted by Crippen LogP contribution is -2.33. The summed E-state index contributed by atoms with van der Waals surface area (Å²) in [6.07, 6.45) is 7.20. The maximum atomic E-state index is 9.07. The number of piperidine rings is 1. The van der Waals surface area contributed by atoms with Crippen LogP contribution < -0.4 is 5.32 Å². The molecule has 1 aliphatic heterocycles. The lowest BCUT2D eigenvalue weighted by Gasteiger charge is -2.34. The third kappa shape index (κ3) is 3.92. The fourth-order valence-corrected chi connectivity index (χ4v) is 4.89. The lowest BCUT2D eigenvalue weighted by molar-refractivity contribution is 0.138. The van der Waals surface area contributed by atoms with Gasteiger partial charge in [0, 0.05) is 29.8 Å². The van der Waals surface area contributed by atoms with Crippen LogP contribution in [-0.4, -0.2) is 26.4 Å². The summed E-state index contributed by atoms with van der Waals surface area (Å²) in [5.74, 6) is 0.648. The molecular weight excluding hydrogens is 392 g/mol. The van der Waals surface area contributed by atoms with Gasteiger partial charge >= 0.3 is 0 Å². The summed E-state index contributed by atoms with van der Waals surface area (Å²) in [6.45, 7) is 2.01. The molecule has 0 saturated carbocycles. The number of hydrogen-bond donors (Lipinski definition) is 2. The summed E-state index contributed by atoms with van der Waals surface area (Å²) < 4.78 is 0. The Balaban J connectivity index is 1.33. The molecular formula is C23H22N6S. The highest BCUT2D eigenvalue weighted by Gasteiger charge is 2.26. The molecule has 0 radical (unpaired) electrons. The normalized spacial score (nSPS) is 17.1. The van der Waals surface area contributed by atoms with Crippen molar-refractivity contribution in [3.8, 4) is 6.07 Å². The zero-order valence-electron chi connectivity index (χ0n) is 16.5. The van der Waals surface area contributed by atoms with Crippen LogP contribution in [0.3, 0.4) is 0 Å². The third-order valence-corrected chi connectivity index (χ3v) is 6.38. The molecule has 1 atom stereocenters. The number of thiazole rings is 1. The molecule has 1 fully saturated rings.